The highest BCUT2D eigenvalue weighted by Crippen LogP contribution is 2.28. The number of fused-ring (bicyclic) bond motifs is 3. The van der Waals surface area contributed by atoms with Crippen LogP contribution >= 0.6 is 0 Å². The molecule has 0 atom stereocenters. The van der Waals surface area contributed by atoms with Gasteiger partial charge in [-0.15, -0.1) is 5.10 Å². The van der Waals surface area contributed by atoms with Crippen molar-refractivity contribution in [3.63, 3.8) is 0 Å². The molecule has 0 aliphatic carbocycles. The van der Waals surface area contributed by atoms with Gasteiger partial charge in [0.05, 0.1) is 5.39 Å². The Hall–Kier alpha value is -2.80. The molecule has 0 aliphatic heterocycles. The molecule has 0 aromatic carbocycles. The van der Waals surface area contributed by atoms with Crippen molar-refractivity contribution in [1.82, 2.24) is 34.0 Å². The second-order valence-corrected chi connectivity index (χ2v) is 6.88. The van der Waals surface area contributed by atoms with E-state index in [9.17, 15) is 0 Å². The fraction of sp³-hybridized carbons (Fsp3) is 0.368. The molecule has 0 radical (unpaired) electrons. The van der Waals surface area contributed by atoms with Crippen molar-refractivity contribution in [3.8, 4) is 11.5 Å². The molecule has 4 aromatic rings. The molecule has 0 amide bonds. The SMILES string of the molecule is Cc1c(C)n(CCCN(C)C)c2ncn3nc(-c4ccccn4)nc3c12. The van der Waals surface area contributed by atoms with Crippen molar-refractivity contribution in [2.45, 2.75) is 26.8 Å². The molecule has 0 aliphatic rings. The number of hydrogen-bond donors (Lipinski definition) is 0. The number of nitrogens with zero attached hydrogens (tertiary/aromatic N) is 7. The lowest BCUT2D eigenvalue weighted by molar-refractivity contribution is 0.387. The zero-order chi connectivity index (χ0) is 18.3. The Morgan fingerprint density at radius 2 is 1.92 bits per heavy atom. The number of pyridine rings is 1. The van der Waals surface area contributed by atoms with E-state index in [-0.39, 0.29) is 0 Å². The first-order valence-electron chi connectivity index (χ1n) is 8.83. The molecule has 0 saturated heterocycles. The summed E-state index contributed by atoms with van der Waals surface area (Å²) >= 11 is 0. The first kappa shape index (κ1) is 16.7. The highest BCUT2D eigenvalue weighted by atomic mass is 15.3. The van der Waals surface area contributed by atoms with E-state index >= 15 is 0 Å². The molecule has 7 nitrogen and oxygen atoms in total. The maximum atomic E-state index is 4.76. The topological polar surface area (TPSA) is 64.1 Å². The van der Waals surface area contributed by atoms with Crippen LogP contribution in [0.1, 0.15) is 17.7 Å². The maximum Gasteiger partial charge on any atom is 0.200 e. The van der Waals surface area contributed by atoms with E-state index in [0.717, 1.165) is 41.9 Å². The molecular weight excluding hydrogens is 326 g/mol. The Balaban J connectivity index is 1.84. The summed E-state index contributed by atoms with van der Waals surface area (Å²) < 4.78 is 4.05. The fourth-order valence-electron chi connectivity index (χ4n) is 3.35. The molecular formula is C19H23N7. The predicted octanol–water partition coefficient (Wildman–Crippen LogP) is 2.71. The van der Waals surface area contributed by atoms with Gasteiger partial charge in [0.25, 0.3) is 0 Å². The molecule has 0 unspecified atom stereocenters. The average Bonchev–Trinajstić information content (AvgIpc) is 3.17. The van der Waals surface area contributed by atoms with Crippen LogP contribution in [0.2, 0.25) is 0 Å². The van der Waals surface area contributed by atoms with Crippen molar-refractivity contribution in [2.75, 3.05) is 20.6 Å². The minimum atomic E-state index is 0.623. The number of aromatic nitrogens is 6. The van der Waals surface area contributed by atoms with Crippen LogP contribution in [0.4, 0.5) is 0 Å². The van der Waals surface area contributed by atoms with E-state index in [0.29, 0.717) is 5.82 Å². The lowest BCUT2D eigenvalue weighted by Crippen LogP contribution is -2.15. The van der Waals surface area contributed by atoms with Crippen LogP contribution in [-0.4, -0.2) is 54.7 Å². The average molecular weight is 349 g/mol. The molecule has 0 spiro atoms. The van der Waals surface area contributed by atoms with Crippen LogP contribution in [0.3, 0.4) is 0 Å². The third-order valence-corrected chi connectivity index (χ3v) is 4.83. The van der Waals surface area contributed by atoms with Gasteiger partial charge in [0.15, 0.2) is 5.65 Å². The minimum Gasteiger partial charge on any atom is -0.329 e. The highest BCUT2D eigenvalue weighted by molar-refractivity contribution is 5.94. The summed E-state index contributed by atoms with van der Waals surface area (Å²) in [5, 5.41) is 5.64. The summed E-state index contributed by atoms with van der Waals surface area (Å²) in [4.78, 5) is 16.0. The summed E-state index contributed by atoms with van der Waals surface area (Å²) in [6.07, 6.45) is 4.58. The minimum absolute atomic E-state index is 0.623. The molecule has 134 valence electrons. The molecule has 0 bridgehead atoms. The van der Waals surface area contributed by atoms with Crippen LogP contribution in [0.15, 0.2) is 30.7 Å². The summed E-state index contributed by atoms with van der Waals surface area (Å²) in [5.41, 5.74) is 5.03. The van der Waals surface area contributed by atoms with Gasteiger partial charge in [-0.3, -0.25) is 4.98 Å². The largest absolute Gasteiger partial charge is 0.329 e. The molecule has 4 heterocycles. The number of hydrogen-bond acceptors (Lipinski definition) is 5. The quantitative estimate of drug-likeness (QED) is 0.554. The van der Waals surface area contributed by atoms with Crippen molar-refractivity contribution in [1.29, 1.82) is 0 Å². The lowest BCUT2D eigenvalue weighted by atomic mass is 10.2. The number of rotatable bonds is 5. The van der Waals surface area contributed by atoms with Crippen LogP contribution < -0.4 is 0 Å². The van der Waals surface area contributed by atoms with Gasteiger partial charge in [-0.05, 0) is 58.6 Å². The second kappa shape index (κ2) is 6.49. The summed E-state index contributed by atoms with van der Waals surface area (Å²) in [7, 11) is 4.20. The van der Waals surface area contributed by atoms with Crippen LogP contribution in [-0.2, 0) is 6.54 Å². The van der Waals surface area contributed by atoms with E-state index < -0.39 is 0 Å². The third kappa shape index (κ3) is 2.74. The van der Waals surface area contributed by atoms with Gasteiger partial charge < -0.3 is 9.47 Å². The van der Waals surface area contributed by atoms with Crippen LogP contribution in [0.5, 0.6) is 0 Å². The molecule has 4 aromatic heterocycles. The molecule has 26 heavy (non-hydrogen) atoms. The Labute approximate surface area is 152 Å². The van der Waals surface area contributed by atoms with Crippen molar-refractivity contribution in [2.24, 2.45) is 0 Å². The van der Waals surface area contributed by atoms with Gasteiger partial charge in [0.1, 0.15) is 17.7 Å². The van der Waals surface area contributed by atoms with E-state index in [1.165, 1.54) is 11.3 Å². The fourth-order valence-corrected chi connectivity index (χ4v) is 3.35. The smallest absolute Gasteiger partial charge is 0.200 e. The van der Waals surface area contributed by atoms with E-state index in [1.807, 2.05) is 18.2 Å². The van der Waals surface area contributed by atoms with Crippen molar-refractivity contribution < 1.29 is 0 Å². The van der Waals surface area contributed by atoms with Crippen LogP contribution in [0, 0.1) is 13.8 Å². The predicted molar refractivity (Wildman–Crippen MR) is 102 cm³/mol. The van der Waals surface area contributed by atoms with Gasteiger partial charge in [-0.1, -0.05) is 6.07 Å². The zero-order valence-corrected chi connectivity index (χ0v) is 15.6. The van der Waals surface area contributed by atoms with E-state index in [1.54, 1.807) is 17.0 Å². The van der Waals surface area contributed by atoms with Crippen LogP contribution in [0.25, 0.3) is 28.2 Å². The van der Waals surface area contributed by atoms with Gasteiger partial charge in [-0.25, -0.2) is 14.5 Å². The zero-order valence-electron chi connectivity index (χ0n) is 15.6. The molecule has 0 fully saturated rings. The Bertz CT molecular complexity index is 1060. The Kier molecular flexibility index (Phi) is 4.16. The summed E-state index contributed by atoms with van der Waals surface area (Å²) in [5.74, 6) is 0.623. The van der Waals surface area contributed by atoms with E-state index in [2.05, 4.69) is 52.5 Å². The highest BCUT2D eigenvalue weighted by Gasteiger charge is 2.18. The van der Waals surface area contributed by atoms with Gasteiger partial charge >= 0.3 is 0 Å². The molecule has 0 N–H and O–H groups in total. The van der Waals surface area contributed by atoms with Gasteiger partial charge in [0.2, 0.25) is 5.82 Å². The second-order valence-electron chi connectivity index (χ2n) is 6.88. The first-order valence-corrected chi connectivity index (χ1v) is 8.83. The molecule has 0 saturated carbocycles. The molecule has 4 rings (SSSR count). The molecule has 7 heteroatoms. The van der Waals surface area contributed by atoms with Gasteiger partial charge in [-0.2, -0.15) is 0 Å². The monoisotopic (exact) mass is 349 g/mol. The standard InChI is InChI=1S/C19H23N7/c1-13-14(2)25(11-7-10-24(3)4)18-16(13)19-22-17(23-26(19)12-21-18)15-8-5-6-9-20-15/h5-6,8-9,12H,7,10-11H2,1-4H3. The Morgan fingerprint density at radius 1 is 1.08 bits per heavy atom. The summed E-state index contributed by atoms with van der Waals surface area (Å²) in [6, 6.07) is 5.75. The maximum absolute atomic E-state index is 4.76. The van der Waals surface area contributed by atoms with E-state index in [4.69, 9.17) is 4.98 Å². The first-order chi connectivity index (χ1) is 12.6. The van der Waals surface area contributed by atoms with Crippen molar-refractivity contribution >= 4 is 16.7 Å². The normalized spacial score (nSPS) is 11.9. The van der Waals surface area contributed by atoms with Crippen molar-refractivity contribution in [3.05, 3.63) is 42.0 Å². The van der Waals surface area contributed by atoms with Gasteiger partial charge in [0, 0.05) is 18.4 Å². The Morgan fingerprint density at radius 3 is 2.65 bits per heavy atom. The third-order valence-electron chi connectivity index (χ3n) is 4.83. The summed E-state index contributed by atoms with van der Waals surface area (Å²) in [6.45, 7) is 6.28. The lowest BCUT2D eigenvalue weighted by Gasteiger charge is -2.11. The number of aryl methyl sites for hydroxylation is 2.